The van der Waals surface area contributed by atoms with Gasteiger partial charge in [0.25, 0.3) is 0 Å². The van der Waals surface area contributed by atoms with Gasteiger partial charge in [-0.3, -0.25) is 4.79 Å². The Kier molecular flexibility index (Phi) is 4.35. The molecule has 0 spiro atoms. The molecule has 0 saturated carbocycles. The van der Waals surface area contributed by atoms with Crippen LogP contribution in [0.25, 0.3) is 0 Å². The van der Waals surface area contributed by atoms with E-state index in [9.17, 15) is 4.79 Å². The van der Waals surface area contributed by atoms with Crippen LogP contribution < -0.4 is 4.90 Å². The van der Waals surface area contributed by atoms with Crippen LogP contribution in [0, 0.1) is 6.92 Å². The molecular weight excluding hydrogens is 234 g/mol. The zero-order valence-electron chi connectivity index (χ0n) is 11.5. The van der Waals surface area contributed by atoms with Gasteiger partial charge in [0, 0.05) is 24.8 Å². The van der Waals surface area contributed by atoms with Gasteiger partial charge in [-0.1, -0.05) is 30.3 Å². The number of benzene rings is 2. The molecule has 0 bridgehead atoms. The van der Waals surface area contributed by atoms with Gasteiger partial charge in [0.05, 0.1) is 0 Å². The maximum absolute atomic E-state index is 10.7. The summed E-state index contributed by atoms with van der Waals surface area (Å²) >= 11 is 0. The molecule has 0 aliphatic rings. The smallest absolute Gasteiger partial charge is 0.150 e. The molecule has 0 saturated heterocycles. The van der Waals surface area contributed by atoms with Crippen LogP contribution in [0.5, 0.6) is 0 Å². The van der Waals surface area contributed by atoms with Crippen LogP contribution >= 0.6 is 0 Å². The molecule has 0 aromatic heterocycles. The zero-order valence-corrected chi connectivity index (χ0v) is 11.5. The summed E-state index contributed by atoms with van der Waals surface area (Å²) in [6.07, 6.45) is 1.91. The Morgan fingerprint density at radius 3 is 2.47 bits per heavy atom. The van der Waals surface area contributed by atoms with E-state index >= 15 is 0 Å². The fourth-order valence-corrected chi connectivity index (χ4v) is 2.24. The molecule has 0 N–H and O–H groups in total. The summed E-state index contributed by atoms with van der Waals surface area (Å²) in [7, 11) is 2.09. The lowest BCUT2D eigenvalue weighted by atomic mass is 10.1. The minimum atomic E-state index is 0.734. The second-order valence-electron chi connectivity index (χ2n) is 4.82. The average Bonchev–Trinajstić information content (AvgIpc) is 2.45. The molecule has 0 aliphatic heterocycles. The van der Waals surface area contributed by atoms with Gasteiger partial charge < -0.3 is 4.90 Å². The molecule has 98 valence electrons. The van der Waals surface area contributed by atoms with E-state index in [1.54, 1.807) is 0 Å². The third-order valence-electron chi connectivity index (χ3n) is 3.35. The number of anilines is 1. The topological polar surface area (TPSA) is 20.3 Å². The highest BCUT2D eigenvalue weighted by Crippen LogP contribution is 2.19. The Labute approximate surface area is 114 Å². The number of likely N-dealkylation sites (N-methyl/N-ethyl adjacent to an activating group) is 1. The molecular formula is C17H19NO. The molecule has 2 aromatic carbocycles. The number of aldehydes is 1. The van der Waals surface area contributed by atoms with Gasteiger partial charge in [0.2, 0.25) is 0 Å². The van der Waals surface area contributed by atoms with E-state index in [4.69, 9.17) is 0 Å². The third-order valence-corrected chi connectivity index (χ3v) is 3.35. The van der Waals surface area contributed by atoms with E-state index in [1.807, 2.05) is 31.2 Å². The Morgan fingerprint density at radius 2 is 1.84 bits per heavy atom. The molecule has 2 heteroatoms. The van der Waals surface area contributed by atoms with E-state index in [0.717, 1.165) is 30.4 Å². The fourth-order valence-electron chi connectivity index (χ4n) is 2.24. The predicted molar refractivity (Wildman–Crippen MR) is 80.0 cm³/mol. The van der Waals surface area contributed by atoms with Crippen molar-refractivity contribution in [2.45, 2.75) is 13.3 Å². The van der Waals surface area contributed by atoms with Crippen molar-refractivity contribution in [1.82, 2.24) is 0 Å². The minimum Gasteiger partial charge on any atom is -0.374 e. The summed E-state index contributed by atoms with van der Waals surface area (Å²) in [6.45, 7) is 3.01. The fraction of sp³-hybridized carbons (Fsp3) is 0.235. The van der Waals surface area contributed by atoms with Crippen molar-refractivity contribution in [3.8, 4) is 0 Å². The van der Waals surface area contributed by atoms with Crippen molar-refractivity contribution in [3.63, 3.8) is 0 Å². The normalized spacial score (nSPS) is 10.2. The molecule has 0 amide bonds. The Hall–Kier alpha value is -2.09. The van der Waals surface area contributed by atoms with Crippen LogP contribution in [0.1, 0.15) is 21.5 Å². The Bertz CT molecular complexity index is 548. The molecule has 0 heterocycles. The summed E-state index contributed by atoms with van der Waals surface area (Å²) < 4.78 is 0. The number of nitrogens with zero attached hydrogens (tertiary/aromatic N) is 1. The number of hydrogen-bond donors (Lipinski definition) is 0. The number of carbonyl (C=O) groups is 1. The van der Waals surface area contributed by atoms with E-state index in [0.29, 0.717) is 0 Å². The first-order valence-electron chi connectivity index (χ1n) is 6.51. The zero-order chi connectivity index (χ0) is 13.7. The summed E-state index contributed by atoms with van der Waals surface area (Å²) in [4.78, 5) is 13.0. The molecule has 0 unspecified atom stereocenters. The van der Waals surface area contributed by atoms with Crippen LogP contribution in [0.15, 0.2) is 48.5 Å². The lowest BCUT2D eigenvalue weighted by Crippen LogP contribution is -2.21. The van der Waals surface area contributed by atoms with Crippen molar-refractivity contribution in [3.05, 3.63) is 65.2 Å². The van der Waals surface area contributed by atoms with Crippen LogP contribution in [0.3, 0.4) is 0 Å². The first kappa shape index (κ1) is 13.3. The first-order chi connectivity index (χ1) is 9.20. The standard InChI is InChI=1S/C17H19NO/c1-14-12-16(13-19)8-9-17(14)18(2)11-10-15-6-4-3-5-7-15/h3-9,12-13H,10-11H2,1-2H3. The molecule has 0 atom stereocenters. The monoisotopic (exact) mass is 253 g/mol. The van der Waals surface area contributed by atoms with Crippen molar-refractivity contribution in [1.29, 1.82) is 0 Å². The Morgan fingerprint density at radius 1 is 1.11 bits per heavy atom. The van der Waals surface area contributed by atoms with E-state index in [1.165, 1.54) is 11.3 Å². The maximum atomic E-state index is 10.7. The van der Waals surface area contributed by atoms with E-state index < -0.39 is 0 Å². The number of aryl methyl sites for hydroxylation is 1. The molecule has 0 aliphatic carbocycles. The molecule has 0 fully saturated rings. The quantitative estimate of drug-likeness (QED) is 0.760. The van der Waals surface area contributed by atoms with Crippen LogP contribution in [-0.2, 0) is 6.42 Å². The van der Waals surface area contributed by atoms with Crippen LogP contribution in [0.4, 0.5) is 5.69 Å². The highest BCUT2D eigenvalue weighted by molar-refractivity contribution is 5.76. The second-order valence-corrected chi connectivity index (χ2v) is 4.82. The first-order valence-corrected chi connectivity index (χ1v) is 6.51. The second kappa shape index (κ2) is 6.19. The average molecular weight is 253 g/mol. The van der Waals surface area contributed by atoms with E-state index in [-0.39, 0.29) is 0 Å². The Balaban J connectivity index is 2.04. The molecule has 19 heavy (non-hydrogen) atoms. The summed E-state index contributed by atoms with van der Waals surface area (Å²) in [5.41, 5.74) is 4.40. The van der Waals surface area contributed by atoms with E-state index in [2.05, 4.69) is 36.2 Å². The van der Waals surface area contributed by atoms with Crippen molar-refractivity contribution >= 4 is 12.0 Å². The highest BCUT2D eigenvalue weighted by atomic mass is 16.1. The van der Waals surface area contributed by atoms with Gasteiger partial charge >= 0.3 is 0 Å². The predicted octanol–water partition coefficient (Wildman–Crippen LogP) is 3.49. The molecule has 0 radical (unpaired) electrons. The van der Waals surface area contributed by atoms with Crippen molar-refractivity contribution in [2.75, 3.05) is 18.5 Å². The van der Waals surface area contributed by atoms with Gasteiger partial charge in [0.15, 0.2) is 0 Å². The van der Waals surface area contributed by atoms with Gasteiger partial charge in [-0.25, -0.2) is 0 Å². The van der Waals surface area contributed by atoms with Crippen molar-refractivity contribution in [2.24, 2.45) is 0 Å². The van der Waals surface area contributed by atoms with Gasteiger partial charge in [-0.05, 0) is 42.7 Å². The number of hydrogen-bond acceptors (Lipinski definition) is 2. The maximum Gasteiger partial charge on any atom is 0.150 e. The van der Waals surface area contributed by atoms with Crippen molar-refractivity contribution < 1.29 is 4.79 Å². The molecule has 2 aromatic rings. The minimum absolute atomic E-state index is 0.734. The molecule has 2 rings (SSSR count). The summed E-state index contributed by atoms with van der Waals surface area (Å²) in [5, 5.41) is 0. The molecule has 2 nitrogen and oxygen atoms in total. The summed E-state index contributed by atoms with van der Waals surface area (Å²) in [6, 6.07) is 16.3. The highest BCUT2D eigenvalue weighted by Gasteiger charge is 2.05. The number of rotatable bonds is 5. The SMILES string of the molecule is Cc1cc(C=O)ccc1N(C)CCc1ccccc1. The van der Waals surface area contributed by atoms with Gasteiger partial charge in [-0.15, -0.1) is 0 Å². The van der Waals surface area contributed by atoms with Crippen LogP contribution in [0.2, 0.25) is 0 Å². The summed E-state index contributed by atoms with van der Waals surface area (Å²) in [5.74, 6) is 0. The lowest BCUT2D eigenvalue weighted by molar-refractivity contribution is 0.112. The lowest BCUT2D eigenvalue weighted by Gasteiger charge is -2.21. The van der Waals surface area contributed by atoms with Crippen LogP contribution in [-0.4, -0.2) is 19.9 Å². The van der Waals surface area contributed by atoms with Gasteiger partial charge in [0.1, 0.15) is 6.29 Å². The van der Waals surface area contributed by atoms with Gasteiger partial charge in [-0.2, -0.15) is 0 Å². The largest absolute Gasteiger partial charge is 0.374 e. The third kappa shape index (κ3) is 3.44. The number of carbonyl (C=O) groups excluding carboxylic acids is 1.